The molecule has 0 saturated heterocycles. The maximum atomic E-state index is 12.4. The lowest BCUT2D eigenvalue weighted by atomic mass is 9.89. The molecular formula is C25H29NO. The van der Waals surface area contributed by atoms with Crippen LogP contribution in [0.4, 0.5) is 0 Å². The Morgan fingerprint density at radius 1 is 0.926 bits per heavy atom. The minimum atomic E-state index is 0.216. The van der Waals surface area contributed by atoms with Crippen LogP contribution in [0, 0.1) is 17.8 Å². The highest BCUT2D eigenvalue weighted by Gasteiger charge is 2.48. The minimum absolute atomic E-state index is 0.216. The first-order chi connectivity index (χ1) is 13.2. The molecule has 0 spiro atoms. The molecule has 2 aromatic carbocycles. The quantitative estimate of drug-likeness (QED) is 0.629. The molecule has 0 radical (unpaired) electrons. The van der Waals surface area contributed by atoms with E-state index in [1.165, 1.54) is 11.1 Å². The molecule has 2 heteroatoms. The van der Waals surface area contributed by atoms with Crippen molar-refractivity contribution >= 4 is 5.78 Å². The van der Waals surface area contributed by atoms with Crippen molar-refractivity contribution in [1.29, 1.82) is 0 Å². The molecule has 0 N–H and O–H groups in total. The smallest absolute Gasteiger partial charge is 0.136 e. The first-order valence-electron chi connectivity index (χ1n) is 10.2. The van der Waals surface area contributed by atoms with Gasteiger partial charge in [-0.3, -0.25) is 9.69 Å². The summed E-state index contributed by atoms with van der Waals surface area (Å²) in [5.74, 6) is 1.81. The predicted molar refractivity (Wildman–Crippen MR) is 110 cm³/mol. The number of rotatable bonds is 7. The maximum absolute atomic E-state index is 12.4. The van der Waals surface area contributed by atoms with Crippen LogP contribution in [-0.2, 0) is 17.9 Å². The third-order valence-electron chi connectivity index (χ3n) is 6.51. The highest BCUT2D eigenvalue weighted by Crippen LogP contribution is 2.48. The predicted octanol–water partition coefficient (Wildman–Crippen LogP) is 5.25. The lowest BCUT2D eigenvalue weighted by molar-refractivity contribution is -0.121. The number of benzene rings is 2. The molecule has 4 unspecified atom stereocenters. The molecule has 0 amide bonds. The number of carbonyl (C=O) groups is 1. The Labute approximate surface area is 162 Å². The lowest BCUT2D eigenvalue weighted by Crippen LogP contribution is -2.33. The minimum Gasteiger partial charge on any atom is -0.299 e. The zero-order chi connectivity index (χ0) is 18.6. The van der Waals surface area contributed by atoms with Gasteiger partial charge in [0.25, 0.3) is 0 Å². The SMILES string of the molecule is C=CCC1C(=O)CC2CC(N(Cc3ccccc3)Cc3ccccc3)CC21. The van der Waals surface area contributed by atoms with Crippen molar-refractivity contribution in [1.82, 2.24) is 4.90 Å². The fraction of sp³-hybridized carbons (Fsp3) is 0.400. The third kappa shape index (κ3) is 4.06. The van der Waals surface area contributed by atoms with E-state index in [0.29, 0.717) is 23.7 Å². The lowest BCUT2D eigenvalue weighted by Gasteiger charge is -2.30. The summed E-state index contributed by atoms with van der Waals surface area (Å²) in [4.78, 5) is 15.0. The average Bonchev–Trinajstić information content (AvgIpc) is 3.22. The van der Waals surface area contributed by atoms with Crippen LogP contribution in [0.3, 0.4) is 0 Å². The van der Waals surface area contributed by atoms with Gasteiger partial charge in [-0.05, 0) is 42.2 Å². The molecule has 4 atom stereocenters. The summed E-state index contributed by atoms with van der Waals surface area (Å²) in [7, 11) is 0. The Morgan fingerprint density at radius 2 is 1.52 bits per heavy atom. The summed E-state index contributed by atoms with van der Waals surface area (Å²) in [5, 5.41) is 0. The fourth-order valence-corrected chi connectivity index (χ4v) is 5.24. The molecule has 0 aromatic heterocycles. The second-order valence-corrected chi connectivity index (χ2v) is 8.23. The van der Waals surface area contributed by atoms with E-state index < -0.39 is 0 Å². The van der Waals surface area contributed by atoms with Crippen molar-refractivity contribution in [3.05, 3.63) is 84.4 Å². The largest absolute Gasteiger partial charge is 0.299 e. The van der Waals surface area contributed by atoms with Crippen LogP contribution < -0.4 is 0 Å². The van der Waals surface area contributed by atoms with Gasteiger partial charge >= 0.3 is 0 Å². The Bertz CT molecular complexity index is 728. The van der Waals surface area contributed by atoms with Gasteiger partial charge in [0, 0.05) is 31.5 Å². The van der Waals surface area contributed by atoms with Gasteiger partial charge in [-0.25, -0.2) is 0 Å². The van der Waals surface area contributed by atoms with Gasteiger partial charge in [0.05, 0.1) is 0 Å². The highest BCUT2D eigenvalue weighted by atomic mass is 16.1. The molecule has 2 fully saturated rings. The van der Waals surface area contributed by atoms with Gasteiger partial charge in [0.2, 0.25) is 0 Å². The van der Waals surface area contributed by atoms with Crippen molar-refractivity contribution in [3.8, 4) is 0 Å². The zero-order valence-electron chi connectivity index (χ0n) is 16.0. The van der Waals surface area contributed by atoms with Crippen LogP contribution in [0.25, 0.3) is 0 Å². The topological polar surface area (TPSA) is 20.3 Å². The molecule has 2 aliphatic carbocycles. The summed E-state index contributed by atoms with van der Waals surface area (Å²) in [6, 6.07) is 22.1. The van der Waals surface area contributed by atoms with E-state index in [1.807, 2.05) is 6.08 Å². The number of allylic oxidation sites excluding steroid dienone is 1. The number of nitrogens with zero attached hydrogens (tertiary/aromatic N) is 1. The number of carbonyl (C=O) groups excluding carboxylic acids is 1. The fourth-order valence-electron chi connectivity index (χ4n) is 5.24. The Kier molecular flexibility index (Phi) is 5.54. The average molecular weight is 360 g/mol. The molecule has 2 saturated carbocycles. The molecule has 2 aliphatic rings. The van der Waals surface area contributed by atoms with E-state index in [9.17, 15) is 4.79 Å². The zero-order valence-corrected chi connectivity index (χ0v) is 16.0. The molecule has 0 bridgehead atoms. The molecule has 0 heterocycles. The van der Waals surface area contributed by atoms with Gasteiger partial charge in [-0.1, -0.05) is 66.7 Å². The number of ketones is 1. The first-order valence-corrected chi connectivity index (χ1v) is 10.2. The third-order valence-corrected chi connectivity index (χ3v) is 6.51. The van der Waals surface area contributed by atoms with E-state index in [1.54, 1.807) is 0 Å². The summed E-state index contributed by atoms with van der Waals surface area (Å²) in [6.45, 7) is 5.82. The van der Waals surface area contributed by atoms with Crippen molar-refractivity contribution in [2.75, 3.05) is 0 Å². The number of hydrogen-bond acceptors (Lipinski definition) is 2. The number of fused-ring (bicyclic) bond motifs is 1. The normalized spacial score (nSPS) is 27.1. The van der Waals surface area contributed by atoms with Crippen LogP contribution >= 0.6 is 0 Å². The Hall–Kier alpha value is -2.19. The first kappa shape index (κ1) is 18.2. The summed E-state index contributed by atoms with van der Waals surface area (Å²) in [5.41, 5.74) is 2.73. The summed E-state index contributed by atoms with van der Waals surface area (Å²) >= 11 is 0. The molecule has 4 rings (SSSR count). The molecule has 2 aromatic rings. The standard InChI is InChI=1S/C25H29NO/c1-2-9-23-24-16-22(14-21(24)15-25(23)27)26(17-19-10-5-3-6-11-19)18-20-12-7-4-8-13-20/h2-8,10-13,21-24H,1,9,14-18H2. The van der Waals surface area contributed by atoms with Gasteiger partial charge in [-0.15, -0.1) is 6.58 Å². The van der Waals surface area contributed by atoms with Gasteiger partial charge in [0.15, 0.2) is 0 Å². The van der Waals surface area contributed by atoms with E-state index in [-0.39, 0.29) is 5.92 Å². The van der Waals surface area contributed by atoms with Crippen molar-refractivity contribution in [3.63, 3.8) is 0 Å². The molecular weight excluding hydrogens is 330 g/mol. The highest BCUT2D eigenvalue weighted by molar-refractivity contribution is 5.84. The van der Waals surface area contributed by atoms with Crippen LogP contribution in [0.5, 0.6) is 0 Å². The number of hydrogen-bond donors (Lipinski definition) is 0. The van der Waals surface area contributed by atoms with Crippen LogP contribution in [0.15, 0.2) is 73.3 Å². The van der Waals surface area contributed by atoms with E-state index in [2.05, 4.69) is 72.1 Å². The second-order valence-electron chi connectivity index (χ2n) is 8.23. The molecule has 27 heavy (non-hydrogen) atoms. The number of Topliss-reactive ketones (excluding diaryl/α,β-unsaturated/α-hetero) is 1. The van der Waals surface area contributed by atoms with E-state index in [4.69, 9.17) is 0 Å². The Morgan fingerprint density at radius 3 is 2.07 bits per heavy atom. The van der Waals surface area contributed by atoms with Crippen molar-refractivity contribution in [2.45, 2.75) is 44.8 Å². The van der Waals surface area contributed by atoms with E-state index >= 15 is 0 Å². The summed E-state index contributed by atoms with van der Waals surface area (Å²) < 4.78 is 0. The van der Waals surface area contributed by atoms with Gasteiger partial charge < -0.3 is 0 Å². The van der Waals surface area contributed by atoms with Gasteiger partial charge in [0.1, 0.15) is 5.78 Å². The van der Waals surface area contributed by atoms with Crippen LogP contribution in [-0.4, -0.2) is 16.7 Å². The van der Waals surface area contributed by atoms with E-state index in [0.717, 1.165) is 38.8 Å². The molecule has 140 valence electrons. The Balaban J connectivity index is 1.52. The maximum Gasteiger partial charge on any atom is 0.136 e. The van der Waals surface area contributed by atoms with Crippen LogP contribution in [0.2, 0.25) is 0 Å². The molecule has 0 aliphatic heterocycles. The monoisotopic (exact) mass is 359 g/mol. The van der Waals surface area contributed by atoms with Gasteiger partial charge in [-0.2, -0.15) is 0 Å². The molecule has 2 nitrogen and oxygen atoms in total. The second kappa shape index (κ2) is 8.22. The van der Waals surface area contributed by atoms with Crippen molar-refractivity contribution in [2.24, 2.45) is 17.8 Å². The van der Waals surface area contributed by atoms with Crippen molar-refractivity contribution < 1.29 is 4.79 Å². The van der Waals surface area contributed by atoms with Crippen LogP contribution in [0.1, 0.15) is 36.8 Å². The summed E-state index contributed by atoms with van der Waals surface area (Å²) in [6.07, 6.45) is 5.87.